The second-order valence-corrected chi connectivity index (χ2v) is 4.93. The third-order valence-corrected chi connectivity index (χ3v) is 3.39. The molecule has 21 heavy (non-hydrogen) atoms. The van der Waals surface area contributed by atoms with E-state index in [0.717, 1.165) is 17.7 Å². The first-order valence-corrected chi connectivity index (χ1v) is 7.23. The van der Waals surface area contributed by atoms with Gasteiger partial charge in [0.1, 0.15) is 5.82 Å². The molecule has 2 N–H and O–H groups in total. The summed E-state index contributed by atoms with van der Waals surface area (Å²) in [6.45, 7) is 5.22. The van der Waals surface area contributed by atoms with Gasteiger partial charge in [0.15, 0.2) is 0 Å². The number of rotatable bonds is 5. The molecule has 0 saturated heterocycles. The minimum Gasteiger partial charge on any atom is -0.384 e. The lowest BCUT2D eigenvalue weighted by Gasteiger charge is -2.21. The van der Waals surface area contributed by atoms with E-state index >= 15 is 0 Å². The number of hydrogen-bond acceptors (Lipinski definition) is 3. The van der Waals surface area contributed by atoms with Crippen molar-refractivity contribution in [3.05, 3.63) is 59.3 Å². The summed E-state index contributed by atoms with van der Waals surface area (Å²) in [7, 11) is 0. The van der Waals surface area contributed by atoms with E-state index in [1.165, 1.54) is 0 Å². The number of anilines is 1. The summed E-state index contributed by atoms with van der Waals surface area (Å²) < 4.78 is 0. The third-order valence-electron chi connectivity index (χ3n) is 3.39. The maximum absolute atomic E-state index is 12.6. The number of hydrogen-bond donors (Lipinski definition) is 1. The highest BCUT2D eigenvalue weighted by molar-refractivity contribution is 5.95. The molecule has 0 spiro atoms. The molecule has 2 rings (SSSR count). The molecule has 110 valence electrons. The Bertz CT molecular complexity index is 611. The van der Waals surface area contributed by atoms with E-state index in [2.05, 4.69) is 4.98 Å². The zero-order valence-electron chi connectivity index (χ0n) is 12.5. The molecule has 4 nitrogen and oxygen atoms in total. The Morgan fingerprint density at radius 1 is 1.19 bits per heavy atom. The van der Waals surface area contributed by atoms with Crippen LogP contribution in [0.3, 0.4) is 0 Å². The van der Waals surface area contributed by atoms with Crippen molar-refractivity contribution in [1.29, 1.82) is 0 Å². The molecule has 1 aromatic heterocycles. The number of carbonyl (C=O) groups is 1. The molecule has 1 amide bonds. The van der Waals surface area contributed by atoms with Crippen molar-refractivity contribution in [2.45, 2.75) is 26.8 Å². The normalized spacial score (nSPS) is 10.4. The average molecular weight is 283 g/mol. The largest absolute Gasteiger partial charge is 0.384 e. The molecule has 0 saturated carbocycles. The lowest BCUT2D eigenvalue weighted by Crippen LogP contribution is -2.30. The molecule has 0 aliphatic carbocycles. The Kier molecular flexibility index (Phi) is 4.93. The molecule has 1 aromatic carbocycles. The maximum atomic E-state index is 12.6. The second kappa shape index (κ2) is 6.88. The number of pyridine rings is 1. The summed E-state index contributed by atoms with van der Waals surface area (Å²) in [5, 5.41) is 0. The van der Waals surface area contributed by atoms with E-state index < -0.39 is 0 Å². The van der Waals surface area contributed by atoms with E-state index in [4.69, 9.17) is 5.73 Å². The summed E-state index contributed by atoms with van der Waals surface area (Å²) in [6.07, 6.45) is 0.760. The van der Waals surface area contributed by atoms with Gasteiger partial charge in [-0.2, -0.15) is 0 Å². The van der Waals surface area contributed by atoms with E-state index in [0.29, 0.717) is 24.5 Å². The molecule has 2 aromatic rings. The molecule has 0 fully saturated rings. The van der Waals surface area contributed by atoms with Crippen LogP contribution in [-0.2, 0) is 13.0 Å². The van der Waals surface area contributed by atoms with Gasteiger partial charge >= 0.3 is 0 Å². The van der Waals surface area contributed by atoms with E-state index in [1.807, 2.05) is 55.1 Å². The average Bonchev–Trinajstić information content (AvgIpc) is 2.52. The first-order valence-electron chi connectivity index (χ1n) is 7.23. The van der Waals surface area contributed by atoms with Gasteiger partial charge in [-0.25, -0.2) is 4.98 Å². The van der Waals surface area contributed by atoms with Crippen LogP contribution in [0.5, 0.6) is 0 Å². The molecule has 0 radical (unpaired) electrons. The minimum absolute atomic E-state index is 0.00912. The molecular weight excluding hydrogens is 262 g/mol. The predicted molar refractivity (Wildman–Crippen MR) is 84.9 cm³/mol. The van der Waals surface area contributed by atoms with Crippen LogP contribution in [-0.4, -0.2) is 22.3 Å². The molecular formula is C17H21N3O. The summed E-state index contributed by atoms with van der Waals surface area (Å²) in [6, 6.07) is 13.4. The number of aryl methyl sites for hydroxylation is 1. The Morgan fingerprint density at radius 3 is 2.52 bits per heavy atom. The van der Waals surface area contributed by atoms with Crippen LogP contribution in [0.15, 0.2) is 42.5 Å². The van der Waals surface area contributed by atoms with Gasteiger partial charge in [0.05, 0.1) is 0 Å². The van der Waals surface area contributed by atoms with Crippen molar-refractivity contribution < 1.29 is 4.79 Å². The predicted octanol–water partition coefficient (Wildman–Crippen LogP) is 2.89. The lowest BCUT2D eigenvalue weighted by atomic mass is 10.1. The van der Waals surface area contributed by atoms with Crippen LogP contribution >= 0.6 is 0 Å². The number of nitrogens with zero attached hydrogens (tertiary/aromatic N) is 2. The fourth-order valence-electron chi connectivity index (χ4n) is 2.23. The highest BCUT2D eigenvalue weighted by Gasteiger charge is 2.16. The van der Waals surface area contributed by atoms with Crippen molar-refractivity contribution in [3.63, 3.8) is 0 Å². The van der Waals surface area contributed by atoms with Crippen molar-refractivity contribution in [3.8, 4) is 0 Å². The van der Waals surface area contributed by atoms with Gasteiger partial charge < -0.3 is 10.6 Å². The molecule has 0 bridgehead atoms. The highest BCUT2D eigenvalue weighted by atomic mass is 16.2. The van der Waals surface area contributed by atoms with E-state index in [-0.39, 0.29) is 5.91 Å². The lowest BCUT2D eigenvalue weighted by molar-refractivity contribution is 0.0752. The van der Waals surface area contributed by atoms with Crippen LogP contribution in [0.2, 0.25) is 0 Å². The minimum atomic E-state index is -0.00912. The van der Waals surface area contributed by atoms with Crippen molar-refractivity contribution >= 4 is 11.7 Å². The number of nitrogen functional groups attached to an aromatic ring is 1. The first kappa shape index (κ1) is 15.0. The fraction of sp³-hybridized carbons (Fsp3) is 0.294. The van der Waals surface area contributed by atoms with Crippen LogP contribution in [0.4, 0.5) is 5.82 Å². The van der Waals surface area contributed by atoms with Crippen molar-refractivity contribution in [1.82, 2.24) is 9.88 Å². The molecule has 1 heterocycles. The smallest absolute Gasteiger partial charge is 0.254 e. The van der Waals surface area contributed by atoms with Gasteiger partial charge in [0, 0.05) is 24.3 Å². The standard InChI is InChI=1S/C17H21N3O/c1-3-15-10-14(11-16(18)19-15)17(21)20(4-2)12-13-8-6-5-7-9-13/h5-11H,3-4,12H2,1-2H3,(H2,18,19). The molecule has 4 heteroatoms. The van der Waals surface area contributed by atoms with Gasteiger partial charge in [-0.1, -0.05) is 37.3 Å². The highest BCUT2D eigenvalue weighted by Crippen LogP contribution is 2.13. The molecule has 0 atom stereocenters. The van der Waals surface area contributed by atoms with Gasteiger partial charge in [-0.05, 0) is 31.0 Å². The van der Waals surface area contributed by atoms with Crippen LogP contribution in [0.1, 0.15) is 35.5 Å². The number of nitrogens with two attached hydrogens (primary N) is 1. The summed E-state index contributed by atoms with van der Waals surface area (Å²) in [5.74, 6) is 0.388. The summed E-state index contributed by atoms with van der Waals surface area (Å²) in [5.41, 5.74) is 8.35. The quantitative estimate of drug-likeness (QED) is 0.918. The van der Waals surface area contributed by atoms with Crippen LogP contribution in [0, 0.1) is 0 Å². The molecule has 0 unspecified atom stereocenters. The zero-order chi connectivity index (χ0) is 15.2. The molecule has 0 aliphatic heterocycles. The van der Waals surface area contributed by atoms with Gasteiger partial charge in [0.2, 0.25) is 0 Å². The Labute approximate surface area is 125 Å². The third kappa shape index (κ3) is 3.81. The van der Waals surface area contributed by atoms with Crippen molar-refractivity contribution in [2.75, 3.05) is 12.3 Å². The van der Waals surface area contributed by atoms with Gasteiger partial charge in [-0.15, -0.1) is 0 Å². The second-order valence-electron chi connectivity index (χ2n) is 4.93. The maximum Gasteiger partial charge on any atom is 0.254 e. The van der Waals surface area contributed by atoms with Gasteiger partial charge in [0.25, 0.3) is 5.91 Å². The number of carbonyl (C=O) groups excluding carboxylic acids is 1. The number of benzene rings is 1. The number of amides is 1. The summed E-state index contributed by atoms with van der Waals surface area (Å²) >= 11 is 0. The monoisotopic (exact) mass is 283 g/mol. The zero-order valence-corrected chi connectivity index (χ0v) is 12.5. The van der Waals surface area contributed by atoms with Crippen molar-refractivity contribution in [2.24, 2.45) is 0 Å². The van der Waals surface area contributed by atoms with E-state index in [1.54, 1.807) is 6.07 Å². The Hall–Kier alpha value is -2.36. The van der Waals surface area contributed by atoms with E-state index in [9.17, 15) is 4.79 Å². The van der Waals surface area contributed by atoms with Crippen LogP contribution < -0.4 is 5.73 Å². The Balaban J connectivity index is 2.22. The first-order chi connectivity index (χ1) is 10.1. The molecule has 0 aliphatic rings. The van der Waals surface area contributed by atoms with Crippen LogP contribution in [0.25, 0.3) is 0 Å². The SMILES string of the molecule is CCc1cc(C(=O)N(CC)Cc2ccccc2)cc(N)n1. The summed E-state index contributed by atoms with van der Waals surface area (Å²) in [4.78, 5) is 18.7. The fourth-order valence-corrected chi connectivity index (χ4v) is 2.23. The van der Waals surface area contributed by atoms with Gasteiger partial charge in [-0.3, -0.25) is 4.79 Å². The topological polar surface area (TPSA) is 59.2 Å². The Morgan fingerprint density at radius 2 is 1.90 bits per heavy atom. The number of aromatic nitrogens is 1.